The average molecular weight is 534 g/mol. The van der Waals surface area contributed by atoms with Crippen molar-refractivity contribution in [3.63, 3.8) is 0 Å². The highest BCUT2D eigenvalue weighted by Gasteiger charge is 2.44. The lowest BCUT2D eigenvalue weighted by molar-refractivity contribution is -0.139. The van der Waals surface area contributed by atoms with Gasteiger partial charge in [0.15, 0.2) is 0 Å². The second-order valence-corrected chi connectivity index (χ2v) is 13.3. The van der Waals surface area contributed by atoms with Gasteiger partial charge in [-0.2, -0.15) is 0 Å². The molecule has 1 saturated carbocycles. The molecule has 1 aliphatic heterocycles. The Morgan fingerprint density at radius 2 is 1.36 bits per heavy atom. The molecule has 0 aromatic heterocycles. The second-order valence-electron chi connectivity index (χ2n) is 13.3. The van der Waals surface area contributed by atoms with Gasteiger partial charge in [-0.05, 0) is 47.9 Å². The molecule has 2 aliphatic rings. The van der Waals surface area contributed by atoms with Crippen LogP contribution in [0.2, 0.25) is 0 Å². The normalized spacial score (nSPS) is 18.0. The lowest BCUT2D eigenvalue weighted by Gasteiger charge is -2.43. The van der Waals surface area contributed by atoms with Crippen molar-refractivity contribution in [2.45, 2.75) is 90.0 Å². The van der Waals surface area contributed by atoms with Crippen LogP contribution < -0.4 is 15.0 Å². The summed E-state index contributed by atoms with van der Waals surface area (Å²) in [5.74, 6) is 0.738. The Morgan fingerprint density at radius 3 is 1.85 bits per heavy atom. The van der Waals surface area contributed by atoms with Crippen LogP contribution >= 0.6 is 0 Å². The van der Waals surface area contributed by atoms with Gasteiger partial charge in [0.1, 0.15) is 11.3 Å². The minimum atomic E-state index is -0.853. The van der Waals surface area contributed by atoms with Crippen LogP contribution in [-0.4, -0.2) is 55.5 Å². The molecule has 1 aliphatic carbocycles. The Bertz CT molecular complexity index is 1130. The van der Waals surface area contributed by atoms with Crippen molar-refractivity contribution in [2.24, 2.45) is 0 Å². The smallest absolute Gasteiger partial charge is 0.252 e. The molecule has 0 radical (unpaired) electrons. The van der Waals surface area contributed by atoms with Crippen LogP contribution in [0.5, 0.6) is 5.75 Å². The molecular weight excluding hydrogens is 486 g/mol. The van der Waals surface area contributed by atoms with E-state index in [1.807, 2.05) is 23.1 Å². The topological polar surface area (TPSA) is 61.9 Å². The van der Waals surface area contributed by atoms with Crippen LogP contribution in [0.15, 0.2) is 42.5 Å². The monoisotopic (exact) mass is 533 g/mol. The molecule has 2 aromatic carbocycles. The first-order valence-corrected chi connectivity index (χ1v) is 14.5. The fourth-order valence-electron chi connectivity index (χ4n) is 6.04. The minimum absolute atomic E-state index is 0.0730. The molecule has 1 saturated heterocycles. The van der Waals surface area contributed by atoms with E-state index >= 15 is 0 Å². The van der Waals surface area contributed by atoms with E-state index < -0.39 is 5.54 Å². The quantitative estimate of drug-likeness (QED) is 0.507. The van der Waals surface area contributed by atoms with Crippen molar-refractivity contribution in [3.05, 3.63) is 59.2 Å². The number of hydrogen-bond acceptors (Lipinski definition) is 4. The van der Waals surface area contributed by atoms with E-state index in [1.165, 1.54) is 5.69 Å². The summed E-state index contributed by atoms with van der Waals surface area (Å²) < 4.78 is 5.90. The molecule has 39 heavy (non-hydrogen) atoms. The van der Waals surface area contributed by atoms with E-state index in [9.17, 15) is 9.59 Å². The van der Waals surface area contributed by atoms with Crippen LogP contribution in [0.4, 0.5) is 5.69 Å². The van der Waals surface area contributed by atoms with Gasteiger partial charge in [-0.25, -0.2) is 0 Å². The minimum Gasteiger partial charge on any atom is -0.496 e. The molecule has 0 bridgehead atoms. The zero-order valence-electron chi connectivity index (χ0n) is 25.0. The third-order valence-corrected chi connectivity index (χ3v) is 8.33. The number of piperazine rings is 1. The SMILES string of the molecule is COc1c(C(C)(C)C)cc(C(=O)NC2(C(=O)N3CCN(c4ccccc4)CC3)CCCCC2)cc1C(C)(C)C. The molecule has 212 valence electrons. The lowest BCUT2D eigenvalue weighted by atomic mass is 9.77. The van der Waals surface area contributed by atoms with Gasteiger partial charge >= 0.3 is 0 Å². The molecule has 0 atom stereocenters. The van der Waals surface area contributed by atoms with Crippen molar-refractivity contribution in [1.29, 1.82) is 0 Å². The lowest BCUT2D eigenvalue weighted by Crippen LogP contribution is -2.63. The molecule has 1 heterocycles. The number of para-hydroxylation sites is 1. The van der Waals surface area contributed by atoms with Crippen LogP contribution in [0, 0.1) is 0 Å². The van der Waals surface area contributed by atoms with Crippen LogP contribution in [0.1, 0.15) is 95.1 Å². The Kier molecular flexibility index (Phi) is 8.34. The second kappa shape index (κ2) is 11.2. The van der Waals surface area contributed by atoms with E-state index in [0.717, 1.165) is 49.2 Å². The van der Waals surface area contributed by atoms with Crippen LogP contribution in [-0.2, 0) is 15.6 Å². The zero-order valence-corrected chi connectivity index (χ0v) is 25.0. The highest BCUT2D eigenvalue weighted by Crippen LogP contribution is 2.41. The van der Waals surface area contributed by atoms with E-state index in [4.69, 9.17) is 4.74 Å². The average Bonchev–Trinajstić information content (AvgIpc) is 2.92. The summed E-state index contributed by atoms with van der Waals surface area (Å²) in [6.45, 7) is 15.7. The van der Waals surface area contributed by atoms with Crippen LogP contribution in [0.3, 0.4) is 0 Å². The molecular formula is C33H47N3O3. The van der Waals surface area contributed by atoms with Gasteiger partial charge in [-0.15, -0.1) is 0 Å². The van der Waals surface area contributed by atoms with Crippen molar-refractivity contribution in [2.75, 3.05) is 38.2 Å². The molecule has 2 amide bonds. The molecule has 4 rings (SSSR count). The highest BCUT2D eigenvalue weighted by molar-refractivity contribution is 6.00. The number of carbonyl (C=O) groups excluding carboxylic acids is 2. The van der Waals surface area contributed by atoms with Gasteiger partial charge in [0, 0.05) is 48.6 Å². The number of rotatable bonds is 5. The Morgan fingerprint density at radius 1 is 0.821 bits per heavy atom. The predicted molar refractivity (Wildman–Crippen MR) is 159 cm³/mol. The Balaban J connectivity index is 1.60. The van der Waals surface area contributed by atoms with E-state index in [0.29, 0.717) is 31.5 Å². The summed E-state index contributed by atoms with van der Waals surface area (Å²) in [4.78, 5) is 32.4. The van der Waals surface area contributed by atoms with Crippen molar-refractivity contribution in [3.8, 4) is 5.75 Å². The van der Waals surface area contributed by atoms with Crippen molar-refractivity contribution >= 4 is 17.5 Å². The van der Waals surface area contributed by atoms with Gasteiger partial charge in [0.25, 0.3) is 5.91 Å². The maximum absolute atomic E-state index is 14.1. The summed E-state index contributed by atoms with van der Waals surface area (Å²) in [6.07, 6.45) is 4.35. The maximum Gasteiger partial charge on any atom is 0.252 e. The number of carbonyl (C=O) groups is 2. The van der Waals surface area contributed by atoms with Crippen molar-refractivity contribution < 1.29 is 14.3 Å². The maximum atomic E-state index is 14.1. The predicted octanol–water partition coefficient (Wildman–Crippen LogP) is 6.07. The van der Waals surface area contributed by atoms with Crippen molar-refractivity contribution in [1.82, 2.24) is 10.2 Å². The molecule has 6 heteroatoms. The molecule has 1 N–H and O–H groups in total. The molecule has 6 nitrogen and oxygen atoms in total. The standard InChI is InChI=1S/C33H47N3O3/c1-31(2,3)26-22-24(23-27(28(26)39-7)32(4,5)6)29(37)34-33(16-12-9-13-17-33)30(38)36-20-18-35(19-21-36)25-14-10-8-11-15-25/h8,10-11,14-15,22-23H,9,12-13,16-21H2,1-7H3,(H,34,37). The van der Waals surface area contributed by atoms with Gasteiger partial charge in [-0.3, -0.25) is 9.59 Å². The number of ether oxygens (including phenoxy) is 1. The number of amides is 2. The molecule has 0 spiro atoms. The summed E-state index contributed by atoms with van der Waals surface area (Å²) in [5.41, 5.74) is 2.52. The van der Waals surface area contributed by atoms with E-state index in [-0.39, 0.29) is 22.6 Å². The molecule has 0 unspecified atom stereocenters. The third-order valence-electron chi connectivity index (χ3n) is 8.33. The largest absolute Gasteiger partial charge is 0.496 e. The number of hydrogen-bond donors (Lipinski definition) is 1. The van der Waals surface area contributed by atoms with Gasteiger partial charge < -0.3 is 19.9 Å². The Labute approximate surface area is 235 Å². The van der Waals surface area contributed by atoms with Gasteiger partial charge in [0.05, 0.1) is 7.11 Å². The van der Waals surface area contributed by atoms with Crippen LogP contribution in [0.25, 0.3) is 0 Å². The first-order chi connectivity index (χ1) is 18.4. The summed E-state index contributed by atoms with van der Waals surface area (Å²) in [7, 11) is 1.70. The van der Waals surface area contributed by atoms with E-state index in [1.54, 1.807) is 7.11 Å². The zero-order chi connectivity index (χ0) is 28.4. The van der Waals surface area contributed by atoms with E-state index in [2.05, 4.69) is 76.0 Å². The first-order valence-electron chi connectivity index (χ1n) is 14.5. The van der Waals surface area contributed by atoms with Gasteiger partial charge in [-0.1, -0.05) is 79.0 Å². The fourth-order valence-corrected chi connectivity index (χ4v) is 6.04. The number of benzene rings is 2. The highest BCUT2D eigenvalue weighted by atomic mass is 16.5. The number of nitrogens with zero attached hydrogens (tertiary/aromatic N) is 2. The summed E-state index contributed by atoms with van der Waals surface area (Å²) in [6, 6.07) is 14.3. The summed E-state index contributed by atoms with van der Waals surface area (Å²) in [5, 5.41) is 3.30. The van der Waals surface area contributed by atoms with Gasteiger partial charge in [0.2, 0.25) is 5.91 Å². The number of methoxy groups -OCH3 is 1. The number of nitrogens with one attached hydrogen (secondary N) is 1. The first kappa shape index (κ1) is 29.0. The molecule has 2 fully saturated rings. The fraction of sp³-hybridized carbons (Fsp3) is 0.576. The third kappa shape index (κ3) is 6.26. The molecule has 2 aromatic rings. The number of anilines is 1. The summed E-state index contributed by atoms with van der Waals surface area (Å²) >= 11 is 0. The Hall–Kier alpha value is -3.02.